The Morgan fingerprint density at radius 2 is 1.35 bits per heavy atom. The van der Waals surface area contributed by atoms with Crippen molar-refractivity contribution in [2.24, 2.45) is 0 Å². The second-order valence-electron chi connectivity index (χ2n) is 5.76. The first-order chi connectivity index (χ1) is 12.6. The minimum absolute atomic E-state index is 0.129. The van der Waals surface area contributed by atoms with E-state index in [4.69, 9.17) is 0 Å². The minimum atomic E-state index is -0.129. The topological polar surface area (TPSA) is 42.0 Å². The molecule has 3 nitrogen and oxygen atoms in total. The van der Waals surface area contributed by atoms with Gasteiger partial charge in [0.1, 0.15) is 5.82 Å². The van der Waals surface area contributed by atoms with Gasteiger partial charge in [0.25, 0.3) is 0 Å². The van der Waals surface area contributed by atoms with Gasteiger partial charge in [0.2, 0.25) is 5.91 Å². The summed E-state index contributed by atoms with van der Waals surface area (Å²) in [5, 5.41) is 2.81. The maximum Gasteiger partial charge on any atom is 0.222 e. The molecule has 0 saturated carbocycles. The zero-order valence-electron chi connectivity index (χ0n) is 14.9. The summed E-state index contributed by atoms with van der Waals surface area (Å²) in [6, 6.07) is 20.7. The quantitative estimate of drug-likeness (QED) is 0.567. The predicted molar refractivity (Wildman–Crippen MR) is 113 cm³/mol. The molecule has 0 spiro atoms. The number of rotatable bonds is 5. The van der Waals surface area contributed by atoms with E-state index in [1.165, 1.54) is 16.7 Å². The fraction of sp³-hybridized carbons (Fsp3) is 0.143. The highest BCUT2D eigenvalue weighted by Crippen LogP contribution is 2.30. The van der Waals surface area contributed by atoms with Gasteiger partial charge in [0.15, 0.2) is 0 Å². The van der Waals surface area contributed by atoms with Gasteiger partial charge < -0.3 is 5.32 Å². The lowest BCUT2D eigenvalue weighted by atomic mass is 10.0. The molecular weight excluding hydrogens is 360 g/mol. The summed E-state index contributed by atoms with van der Waals surface area (Å²) in [6.07, 6.45) is 4.12. The number of anilines is 1. The van der Waals surface area contributed by atoms with Crippen LogP contribution in [0.4, 0.5) is 5.82 Å². The van der Waals surface area contributed by atoms with Gasteiger partial charge in [-0.3, -0.25) is 4.79 Å². The first-order valence-electron chi connectivity index (χ1n) is 8.17. The minimum Gasteiger partial charge on any atom is -0.311 e. The Hall–Kier alpha value is -2.24. The number of thioether (sulfide) groups is 2. The van der Waals surface area contributed by atoms with Crippen LogP contribution in [0.15, 0.2) is 70.5 Å². The third-order valence-electron chi connectivity index (χ3n) is 3.94. The highest BCUT2D eigenvalue weighted by Gasteiger charge is 2.08. The third kappa shape index (κ3) is 4.48. The molecular formula is C21H20N2OS2. The van der Waals surface area contributed by atoms with Crippen LogP contribution in [0.1, 0.15) is 6.92 Å². The summed E-state index contributed by atoms with van der Waals surface area (Å²) in [5.41, 5.74) is 3.99. The zero-order valence-corrected chi connectivity index (χ0v) is 16.6. The number of benzene rings is 2. The van der Waals surface area contributed by atoms with Gasteiger partial charge in [-0.15, -0.1) is 23.5 Å². The Labute approximate surface area is 162 Å². The van der Waals surface area contributed by atoms with Gasteiger partial charge in [-0.2, -0.15) is 0 Å². The number of nitrogens with zero attached hydrogens (tertiary/aromatic N) is 1. The maximum atomic E-state index is 11.5. The van der Waals surface area contributed by atoms with E-state index in [1.54, 1.807) is 23.5 Å². The van der Waals surface area contributed by atoms with Crippen LogP contribution in [0.25, 0.3) is 22.4 Å². The molecule has 3 rings (SSSR count). The predicted octanol–water partition coefficient (Wildman–Crippen LogP) is 5.82. The zero-order chi connectivity index (χ0) is 18.5. The number of carbonyl (C=O) groups is 1. The van der Waals surface area contributed by atoms with E-state index in [-0.39, 0.29) is 5.91 Å². The maximum absolute atomic E-state index is 11.5. The first-order valence-corrected chi connectivity index (χ1v) is 10.6. The average molecular weight is 381 g/mol. The Morgan fingerprint density at radius 1 is 0.808 bits per heavy atom. The van der Waals surface area contributed by atoms with Gasteiger partial charge in [-0.1, -0.05) is 24.3 Å². The number of nitrogens with one attached hydrogen (secondary N) is 1. The van der Waals surface area contributed by atoms with Crippen molar-refractivity contribution in [1.29, 1.82) is 0 Å². The lowest BCUT2D eigenvalue weighted by molar-refractivity contribution is -0.114. The number of pyridine rings is 1. The Bertz CT molecular complexity index is 841. The smallest absolute Gasteiger partial charge is 0.222 e. The summed E-state index contributed by atoms with van der Waals surface area (Å²) in [4.78, 5) is 18.6. The Morgan fingerprint density at radius 3 is 1.85 bits per heavy atom. The molecule has 0 fully saturated rings. The SMILES string of the molecule is CSc1ccc(-c2cc(NC(C)=O)nc(-c3ccc(SC)cc3)c2)cc1. The fourth-order valence-electron chi connectivity index (χ4n) is 2.63. The van der Waals surface area contributed by atoms with Gasteiger partial charge >= 0.3 is 0 Å². The molecule has 1 N–H and O–H groups in total. The molecule has 5 heteroatoms. The summed E-state index contributed by atoms with van der Waals surface area (Å²) in [5.74, 6) is 0.434. The van der Waals surface area contributed by atoms with Crippen molar-refractivity contribution in [3.8, 4) is 22.4 Å². The van der Waals surface area contributed by atoms with Crippen LogP contribution in [0.3, 0.4) is 0 Å². The molecule has 0 aliphatic carbocycles. The molecule has 0 unspecified atom stereocenters. The van der Waals surface area contributed by atoms with Crippen molar-refractivity contribution in [2.75, 3.05) is 17.8 Å². The fourth-order valence-corrected chi connectivity index (χ4v) is 3.45. The van der Waals surface area contributed by atoms with Crippen molar-refractivity contribution >= 4 is 35.2 Å². The van der Waals surface area contributed by atoms with Crippen LogP contribution in [0.5, 0.6) is 0 Å². The molecule has 1 aromatic heterocycles. The molecule has 0 aliphatic rings. The van der Waals surface area contributed by atoms with Gasteiger partial charge in [-0.05, 0) is 60.0 Å². The van der Waals surface area contributed by atoms with E-state index in [0.29, 0.717) is 5.82 Å². The Kier molecular flexibility index (Phi) is 6.01. The summed E-state index contributed by atoms with van der Waals surface area (Å²) in [6.45, 7) is 1.49. The molecule has 3 aromatic rings. The molecule has 2 aromatic carbocycles. The summed E-state index contributed by atoms with van der Waals surface area (Å²) in [7, 11) is 0. The van der Waals surface area contributed by atoms with Gasteiger partial charge in [0.05, 0.1) is 5.69 Å². The van der Waals surface area contributed by atoms with Crippen LogP contribution in [-0.4, -0.2) is 23.4 Å². The molecule has 26 heavy (non-hydrogen) atoms. The lowest BCUT2D eigenvalue weighted by Crippen LogP contribution is -2.08. The summed E-state index contributed by atoms with van der Waals surface area (Å²) >= 11 is 3.42. The molecule has 1 heterocycles. The number of hydrogen-bond donors (Lipinski definition) is 1. The highest BCUT2D eigenvalue weighted by molar-refractivity contribution is 7.98. The van der Waals surface area contributed by atoms with E-state index in [0.717, 1.165) is 22.4 Å². The molecule has 1 amide bonds. The van der Waals surface area contributed by atoms with Crippen LogP contribution < -0.4 is 5.32 Å². The summed E-state index contributed by atoms with van der Waals surface area (Å²) < 4.78 is 0. The van der Waals surface area contributed by atoms with Crippen LogP contribution in [0.2, 0.25) is 0 Å². The monoisotopic (exact) mass is 380 g/mol. The largest absolute Gasteiger partial charge is 0.311 e. The molecule has 0 radical (unpaired) electrons. The van der Waals surface area contributed by atoms with Crippen LogP contribution in [0, 0.1) is 0 Å². The first kappa shape index (κ1) is 18.5. The highest BCUT2D eigenvalue weighted by atomic mass is 32.2. The van der Waals surface area contributed by atoms with Gasteiger partial charge in [-0.25, -0.2) is 4.98 Å². The lowest BCUT2D eigenvalue weighted by Gasteiger charge is -2.11. The number of amides is 1. The van der Waals surface area contributed by atoms with E-state index in [1.807, 2.05) is 6.07 Å². The van der Waals surface area contributed by atoms with Crippen molar-refractivity contribution in [3.63, 3.8) is 0 Å². The molecule has 0 atom stereocenters. The van der Waals surface area contributed by atoms with E-state index in [2.05, 4.69) is 77.4 Å². The number of aromatic nitrogens is 1. The normalized spacial score (nSPS) is 10.6. The van der Waals surface area contributed by atoms with Crippen molar-refractivity contribution in [2.45, 2.75) is 16.7 Å². The van der Waals surface area contributed by atoms with Gasteiger partial charge in [0, 0.05) is 22.3 Å². The van der Waals surface area contributed by atoms with Crippen molar-refractivity contribution in [1.82, 2.24) is 4.98 Å². The second-order valence-corrected chi connectivity index (χ2v) is 7.52. The van der Waals surface area contributed by atoms with E-state index in [9.17, 15) is 4.79 Å². The number of carbonyl (C=O) groups excluding carboxylic acids is 1. The van der Waals surface area contributed by atoms with E-state index >= 15 is 0 Å². The number of hydrogen-bond acceptors (Lipinski definition) is 4. The molecule has 132 valence electrons. The van der Waals surface area contributed by atoms with Crippen molar-refractivity contribution < 1.29 is 4.79 Å². The Balaban J connectivity index is 2.06. The third-order valence-corrected chi connectivity index (χ3v) is 5.43. The molecule has 0 bridgehead atoms. The molecule has 0 aliphatic heterocycles. The molecule has 0 saturated heterocycles. The standard InChI is InChI=1S/C21H20N2OS2/c1-14(24)22-21-13-17(15-4-8-18(25-2)9-5-15)12-20(23-21)16-6-10-19(26-3)11-7-16/h4-13H,1-3H3,(H,22,23,24). The van der Waals surface area contributed by atoms with E-state index < -0.39 is 0 Å². The average Bonchev–Trinajstić information content (AvgIpc) is 2.67. The van der Waals surface area contributed by atoms with Crippen LogP contribution >= 0.6 is 23.5 Å². The van der Waals surface area contributed by atoms with Crippen LogP contribution in [-0.2, 0) is 4.79 Å². The van der Waals surface area contributed by atoms with Crippen molar-refractivity contribution in [3.05, 3.63) is 60.7 Å². The second kappa shape index (κ2) is 8.43.